The number of hydrogen-bond acceptors (Lipinski definition) is 4. The van der Waals surface area contributed by atoms with Crippen molar-refractivity contribution < 1.29 is 23.5 Å². The largest absolute Gasteiger partial charge is 0.496 e. The Kier molecular flexibility index (Phi) is 5.74. The summed E-state index contributed by atoms with van der Waals surface area (Å²) in [5.41, 5.74) is 1.79. The summed E-state index contributed by atoms with van der Waals surface area (Å²) in [6.45, 7) is 0.0686. The predicted molar refractivity (Wildman–Crippen MR) is 97.7 cm³/mol. The number of carbonyl (C=O) groups excluding carboxylic acids is 2. The van der Waals surface area contributed by atoms with Crippen LogP contribution in [-0.4, -0.2) is 37.5 Å². The van der Waals surface area contributed by atoms with Crippen LogP contribution >= 0.6 is 0 Å². The van der Waals surface area contributed by atoms with Gasteiger partial charge in [-0.25, -0.2) is 4.39 Å². The maximum Gasteiger partial charge on any atom is 0.310 e. The van der Waals surface area contributed by atoms with Gasteiger partial charge in [0.1, 0.15) is 11.6 Å². The molecule has 0 spiro atoms. The number of hydrogen-bond donors (Lipinski definition) is 0. The van der Waals surface area contributed by atoms with Crippen molar-refractivity contribution in [2.45, 2.75) is 18.9 Å². The fourth-order valence-corrected chi connectivity index (χ4v) is 3.06. The number of esters is 1. The molecule has 1 aliphatic carbocycles. The second-order valence-corrected chi connectivity index (χ2v) is 6.67. The zero-order valence-corrected chi connectivity index (χ0v) is 15.4. The lowest BCUT2D eigenvalue weighted by Crippen LogP contribution is -2.31. The molecule has 0 N–H and O–H groups in total. The lowest BCUT2D eigenvalue weighted by molar-refractivity contribution is -0.152. The third-order valence-corrected chi connectivity index (χ3v) is 4.76. The number of likely N-dealkylation sites (N-methyl/N-ethyl adjacent to an activating group) is 1. The second kappa shape index (κ2) is 8.20. The fraction of sp³-hybridized carbons (Fsp3) is 0.333. The molecule has 2 unspecified atom stereocenters. The quantitative estimate of drug-likeness (QED) is 0.702. The molecular formula is C21H22FNO4. The Morgan fingerprint density at radius 3 is 2.56 bits per heavy atom. The van der Waals surface area contributed by atoms with Gasteiger partial charge in [0.2, 0.25) is 0 Å². The molecule has 0 radical (unpaired) electrons. The van der Waals surface area contributed by atoms with Crippen molar-refractivity contribution in [2.24, 2.45) is 5.92 Å². The zero-order chi connectivity index (χ0) is 19.4. The smallest absolute Gasteiger partial charge is 0.310 e. The Balaban J connectivity index is 1.47. The highest BCUT2D eigenvalue weighted by atomic mass is 19.1. The molecule has 2 aromatic rings. The number of benzene rings is 2. The van der Waals surface area contributed by atoms with Crippen LogP contribution in [0.25, 0.3) is 0 Å². The van der Waals surface area contributed by atoms with E-state index < -0.39 is 0 Å². The minimum atomic E-state index is -0.386. The van der Waals surface area contributed by atoms with Crippen LogP contribution in [0.5, 0.6) is 5.75 Å². The molecular weight excluding hydrogens is 349 g/mol. The number of carbonyl (C=O) groups is 2. The highest BCUT2D eigenvalue weighted by Crippen LogP contribution is 2.48. The van der Waals surface area contributed by atoms with Gasteiger partial charge in [-0.2, -0.15) is 0 Å². The first-order valence-electron chi connectivity index (χ1n) is 8.77. The van der Waals surface area contributed by atoms with Crippen LogP contribution in [0.3, 0.4) is 0 Å². The summed E-state index contributed by atoms with van der Waals surface area (Å²) in [4.78, 5) is 25.9. The fourth-order valence-electron chi connectivity index (χ4n) is 3.06. The van der Waals surface area contributed by atoms with Gasteiger partial charge in [0.05, 0.1) is 13.0 Å². The normalized spacial score (nSPS) is 17.9. The predicted octanol–water partition coefficient (Wildman–Crippen LogP) is 3.14. The molecule has 2 aromatic carbocycles. The summed E-state index contributed by atoms with van der Waals surface area (Å²) < 4.78 is 23.4. The van der Waals surface area contributed by atoms with E-state index in [1.54, 1.807) is 26.3 Å². The van der Waals surface area contributed by atoms with Crippen molar-refractivity contribution in [1.29, 1.82) is 0 Å². The highest BCUT2D eigenvalue weighted by molar-refractivity contribution is 5.83. The average molecular weight is 371 g/mol. The van der Waals surface area contributed by atoms with Crippen LogP contribution < -0.4 is 4.74 Å². The number of amides is 1. The standard InChI is InChI=1S/C21H22FNO4/c1-23(12-15-5-3-4-6-19(15)26-2)20(24)13-27-21(25)18-11-17(18)14-7-9-16(22)10-8-14/h3-10,17-18H,11-13H2,1-2H3. The van der Waals surface area contributed by atoms with Gasteiger partial charge in [0.25, 0.3) is 5.91 Å². The van der Waals surface area contributed by atoms with Crippen molar-refractivity contribution in [1.82, 2.24) is 4.90 Å². The molecule has 0 aromatic heterocycles. The molecule has 0 aliphatic heterocycles. The molecule has 1 fully saturated rings. The average Bonchev–Trinajstić information content (AvgIpc) is 3.47. The first-order chi connectivity index (χ1) is 13.0. The number of methoxy groups -OCH3 is 1. The van der Waals surface area contributed by atoms with Crippen molar-refractivity contribution in [3.63, 3.8) is 0 Å². The summed E-state index contributed by atoms with van der Waals surface area (Å²) in [6.07, 6.45) is 0.662. The summed E-state index contributed by atoms with van der Waals surface area (Å²) in [7, 11) is 3.23. The van der Waals surface area contributed by atoms with Gasteiger partial charge < -0.3 is 14.4 Å². The molecule has 142 valence electrons. The lowest BCUT2D eigenvalue weighted by Gasteiger charge is -2.18. The first kappa shape index (κ1) is 18.9. The van der Waals surface area contributed by atoms with E-state index in [4.69, 9.17) is 9.47 Å². The van der Waals surface area contributed by atoms with Crippen LogP contribution in [0, 0.1) is 11.7 Å². The maximum atomic E-state index is 13.0. The van der Waals surface area contributed by atoms with Crippen LogP contribution in [0.15, 0.2) is 48.5 Å². The van der Waals surface area contributed by atoms with Gasteiger partial charge in [0.15, 0.2) is 6.61 Å². The first-order valence-corrected chi connectivity index (χ1v) is 8.77. The van der Waals surface area contributed by atoms with E-state index in [0.717, 1.165) is 11.1 Å². The SMILES string of the molecule is COc1ccccc1CN(C)C(=O)COC(=O)C1CC1c1ccc(F)cc1. The Hall–Kier alpha value is -2.89. The number of nitrogens with zero attached hydrogens (tertiary/aromatic N) is 1. The van der Waals surface area contributed by atoms with Crippen LogP contribution in [0.4, 0.5) is 4.39 Å². The topological polar surface area (TPSA) is 55.8 Å². The van der Waals surface area contributed by atoms with E-state index in [2.05, 4.69) is 0 Å². The number of halogens is 1. The molecule has 27 heavy (non-hydrogen) atoms. The number of para-hydroxylation sites is 1. The van der Waals surface area contributed by atoms with Gasteiger partial charge >= 0.3 is 5.97 Å². The van der Waals surface area contributed by atoms with Gasteiger partial charge in [-0.05, 0) is 36.1 Å². The van der Waals surface area contributed by atoms with E-state index in [0.29, 0.717) is 18.7 Å². The molecule has 1 aliphatic rings. The third-order valence-electron chi connectivity index (χ3n) is 4.76. The highest BCUT2D eigenvalue weighted by Gasteiger charge is 2.45. The Morgan fingerprint density at radius 2 is 1.85 bits per heavy atom. The van der Waals surface area contributed by atoms with Crippen molar-refractivity contribution in [3.8, 4) is 5.75 Å². The van der Waals surface area contributed by atoms with E-state index in [1.165, 1.54) is 17.0 Å². The van der Waals surface area contributed by atoms with Crippen molar-refractivity contribution >= 4 is 11.9 Å². The van der Waals surface area contributed by atoms with Gasteiger partial charge in [-0.15, -0.1) is 0 Å². The molecule has 2 atom stereocenters. The minimum absolute atomic E-state index is 0.0412. The van der Waals surface area contributed by atoms with Gasteiger partial charge in [0, 0.05) is 19.2 Å². The number of ether oxygens (including phenoxy) is 2. The van der Waals surface area contributed by atoms with E-state index >= 15 is 0 Å². The summed E-state index contributed by atoms with van der Waals surface area (Å²) in [5, 5.41) is 0. The molecule has 0 saturated heterocycles. The number of rotatable bonds is 7. The summed E-state index contributed by atoms with van der Waals surface area (Å²) in [5.74, 6) is -0.490. The van der Waals surface area contributed by atoms with Crippen LogP contribution in [0.2, 0.25) is 0 Å². The molecule has 1 amide bonds. The molecule has 0 bridgehead atoms. The second-order valence-electron chi connectivity index (χ2n) is 6.67. The Bertz CT molecular complexity index is 821. The van der Waals surface area contributed by atoms with Gasteiger partial charge in [-0.1, -0.05) is 30.3 Å². The monoisotopic (exact) mass is 371 g/mol. The third kappa shape index (κ3) is 4.64. The van der Waals surface area contributed by atoms with Crippen LogP contribution in [0.1, 0.15) is 23.5 Å². The lowest BCUT2D eigenvalue weighted by atomic mass is 10.1. The van der Waals surface area contributed by atoms with Crippen molar-refractivity contribution in [3.05, 3.63) is 65.5 Å². The minimum Gasteiger partial charge on any atom is -0.496 e. The Morgan fingerprint density at radius 1 is 1.15 bits per heavy atom. The van der Waals surface area contributed by atoms with Crippen molar-refractivity contribution in [2.75, 3.05) is 20.8 Å². The summed E-state index contributed by atoms with van der Waals surface area (Å²) in [6, 6.07) is 13.6. The van der Waals surface area contributed by atoms with Gasteiger partial charge in [-0.3, -0.25) is 9.59 Å². The molecule has 0 heterocycles. The molecule has 3 rings (SSSR count). The molecule has 6 heteroatoms. The maximum absolute atomic E-state index is 13.0. The summed E-state index contributed by atoms with van der Waals surface area (Å²) >= 11 is 0. The van der Waals surface area contributed by atoms with E-state index in [1.807, 2.05) is 24.3 Å². The molecule has 1 saturated carbocycles. The van der Waals surface area contributed by atoms with Crippen LogP contribution in [-0.2, 0) is 20.9 Å². The molecule has 5 nitrogen and oxygen atoms in total. The Labute approximate surface area is 157 Å². The van der Waals surface area contributed by atoms with E-state index in [-0.39, 0.29) is 36.1 Å². The zero-order valence-electron chi connectivity index (χ0n) is 15.4. The van der Waals surface area contributed by atoms with E-state index in [9.17, 15) is 14.0 Å².